The van der Waals surface area contributed by atoms with Gasteiger partial charge in [0.05, 0.1) is 11.3 Å². The molecule has 0 N–H and O–H groups in total. The molecule has 4 rings (SSSR count). The van der Waals surface area contributed by atoms with Crippen LogP contribution in [0.2, 0.25) is 0 Å². The van der Waals surface area contributed by atoms with E-state index in [0.717, 1.165) is 15.5 Å². The van der Waals surface area contributed by atoms with Crippen molar-refractivity contribution in [2.75, 3.05) is 5.75 Å². The fraction of sp³-hybridized carbons (Fsp3) is 0.105. The second kappa shape index (κ2) is 7.29. The van der Waals surface area contributed by atoms with Crippen molar-refractivity contribution < 1.29 is 4.42 Å². The molecular formula is C19H14N2O2S2. The second-order valence-corrected chi connectivity index (χ2v) is 7.65. The molecule has 124 valence electrons. The lowest BCUT2D eigenvalue weighted by molar-refractivity contribution is 0.559. The van der Waals surface area contributed by atoms with Crippen LogP contribution in [0, 0.1) is 0 Å². The van der Waals surface area contributed by atoms with Gasteiger partial charge in [-0.15, -0.1) is 5.10 Å². The van der Waals surface area contributed by atoms with Gasteiger partial charge in [0.1, 0.15) is 5.58 Å². The lowest BCUT2D eigenvalue weighted by Gasteiger charge is -2.11. The summed E-state index contributed by atoms with van der Waals surface area (Å²) < 4.78 is 6.29. The van der Waals surface area contributed by atoms with Crippen LogP contribution in [0.1, 0.15) is 11.1 Å². The lowest BCUT2D eigenvalue weighted by Crippen LogP contribution is -2.18. The number of hydrogen-bond donors (Lipinski definition) is 0. The molecule has 0 atom stereocenters. The Bertz CT molecular complexity index is 1030. The van der Waals surface area contributed by atoms with Crippen LogP contribution < -0.4 is 5.63 Å². The predicted molar refractivity (Wildman–Crippen MR) is 107 cm³/mol. The molecule has 2 heterocycles. The summed E-state index contributed by atoms with van der Waals surface area (Å²) in [5.41, 5.74) is 2.62. The molecule has 2 aromatic carbocycles. The molecule has 1 aromatic heterocycles. The number of thioether (sulfide) groups is 2. The maximum atomic E-state index is 12.2. The Morgan fingerprint density at radius 1 is 1.04 bits per heavy atom. The molecule has 0 radical (unpaired) electrons. The highest BCUT2D eigenvalue weighted by atomic mass is 32.2. The van der Waals surface area contributed by atoms with E-state index in [0.29, 0.717) is 22.6 Å². The van der Waals surface area contributed by atoms with Crippen molar-refractivity contribution in [3.05, 3.63) is 82.2 Å². The molecular weight excluding hydrogens is 352 g/mol. The van der Waals surface area contributed by atoms with Crippen molar-refractivity contribution in [2.24, 2.45) is 10.2 Å². The first-order chi connectivity index (χ1) is 12.3. The van der Waals surface area contributed by atoms with Crippen LogP contribution in [0.15, 0.2) is 80.1 Å². The predicted octanol–water partition coefficient (Wildman–Crippen LogP) is 4.53. The van der Waals surface area contributed by atoms with E-state index in [4.69, 9.17) is 4.42 Å². The highest BCUT2D eigenvalue weighted by molar-refractivity contribution is 8.38. The van der Waals surface area contributed by atoms with E-state index in [2.05, 4.69) is 22.3 Å². The number of nitrogens with zero attached hydrogens (tertiary/aromatic N) is 2. The Hall–Kier alpha value is -2.31. The van der Waals surface area contributed by atoms with E-state index in [1.54, 1.807) is 29.6 Å². The van der Waals surface area contributed by atoms with Crippen LogP contribution in [0.5, 0.6) is 0 Å². The largest absolute Gasteiger partial charge is 0.422 e. The zero-order chi connectivity index (χ0) is 17.1. The number of rotatable bonds is 3. The topological polar surface area (TPSA) is 54.9 Å². The fourth-order valence-corrected chi connectivity index (χ4v) is 4.31. The summed E-state index contributed by atoms with van der Waals surface area (Å²) in [6.45, 7) is 0. The molecule has 0 bridgehead atoms. The number of benzene rings is 2. The third kappa shape index (κ3) is 3.70. The maximum Gasteiger partial charge on any atom is 0.345 e. The van der Waals surface area contributed by atoms with E-state index in [1.165, 1.54) is 5.56 Å². The van der Waals surface area contributed by atoms with Crippen molar-refractivity contribution in [2.45, 2.75) is 5.75 Å². The summed E-state index contributed by atoms with van der Waals surface area (Å²) in [4.78, 5) is 12.2. The Kier molecular flexibility index (Phi) is 4.72. The quantitative estimate of drug-likeness (QED) is 0.639. The van der Waals surface area contributed by atoms with E-state index >= 15 is 0 Å². The Labute approximate surface area is 153 Å². The summed E-state index contributed by atoms with van der Waals surface area (Å²) >= 11 is 3.26. The molecule has 0 unspecified atom stereocenters. The van der Waals surface area contributed by atoms with E-state index < -0.39 is 0 Å². The molecule has 0 amide bonds. The highest BCUT2D eigenvalue weighted by Gasteiger charge is 2.17. The normalized spacial score (nSPS) is 14.2. The Balaban J connectivity index is 1.54. The lowest BCUT2D eigenvalue weighted by atomic mass is 10.1. The summed E-state index contributed by atoms with van der Waals surface area (Å²) in [5.74, 6) is 1.47. The minimum atomic E-state index is -0.367. The van der Waals surface area contributed by atoms with Gasteiger partial charge in [-0.2, -0.15) is 5.10 Å². The molecule has 0 fully saturated rings. The molecule has 0 saturated carbocycles. The summed E-state index contributed by atoms with van der Waals surface area (Å²) in [5, 5.41) is 9.42. The molecule has 6 heteroatoms. The Morgan fingerprint density at radius 2 is 1.84 bits per heavy atom. The third-order valence-electron chi connectivity index (χ3n) is 3.74. The van der Waals surface area contributed by atoms with Crippen LogP contribution in [0.4, 0.5) is 0 Å². The zero-order valence-corrected chi connectivity index (χ0v) is 14.8. The molecule has 0 saturated heterocycles. The van der Waals surface area contributed by atoms with Gasteiger partial charge in [0, 0.05) is 16.9 Å². The standard InChI is InChI=1S/C19H14N2O2S2/c22-18-15(10-14-8-4-5-9-17(14)23-18)16-12-25-19(21-20-16)24-11-13-6-2-1-3-7-13/h1-10H,11-12H2. The van der Waals surface area contributed by atoms with E-state index in [1.807, 2.05) is 42.5 Å². The monoisotopic (exact) mass is 366 g/mol. The highest BCUT2D eigenvalue weighted by Crippen LogP contribution is 2.26. The maximum absolute atomic E-state index is 12.2. The molecule has 0 spiro atoms. The zero-order valence-electron chi connectivity index (χ0n) is 13.2. The summed E-state index contributed by atoms with van der Waals surface area (Å²) in [6, 6.07) is 19.6. The molecule has 4 nitrogen and oxygen atoms in total. The van der Waals surface area contributed by atoms with Crippen molar-refractivity contribution in [1.29, 1.82) is 0 Å². The SMILES string of the molecule is O=c1oc2ccccc2cc1C1=NN=C(SCc2ccccc2)SC1. The fourth-order valence-electron chi connectivity index (χ4n) is 2.47. The van der Waals surface area contributed by atoms with Gasteiger partial charge in [0.15, 0.2) is 4.38 Å². The van der Waals surface area contributed by atoms with Crippen molar-refractivity contribution in [3.63, 3.8) is 0 Å². The van der Waals surface area contributed by atoms with Gasteiger partial charge >= 0.3 is 5.63 Å². The third-order valence-corrected chi connectivity index (χ3v) is 6.00. The van der Waals surface area contributed by atoms with Crippen LogP contribution in [-0.2, 0) is 5.75 Å². The van der Waals surface area contributed by atoms with Crippen molar-refractivity contribution >= 4 is 44.6 Å². The first kappa shape index (κ1) is 16.2. The molecule has 0 aliphatic carbocycles. The summed E-state index contributed by atoms with van der Waals surface area (Å²) in [7, 11) is 0. The smallest absolute Gasteiger partial charge is 0.345 e. The average molecular weight is 366 g/mol. The van der Waals surface area contributed by atoms with E-state index in [-0.39, 0.29) is 5.63 Å². The molecule has 1 aliphatic heterocycles. The van der Waals surface area contributed by atoms with Crippen LogP contribution in [0.25, 0.3) is 11.0 Å². The average Bonchev–Trinajstić information content (AvgIpc) is 2.67. The number of hydrogen-bond acceptors (Lipinski definition) is 6. The minimum absolute atomic E-state index is 0.367. The molecule has 25 heavy (non-hydrogen) atoms. The van der Waals surface area contributed by atoms with Gasteiger partial charge in [-0.05, 0) is 17.7 Å². The second-order valence-electron chi connectivity index (χ2n) is 5.46. The minimum Gasteiger partial charge on any atom is -0.422 e. The van der Waals surface area contributed by atoms with Crippen LogP contribution in [0.3, 0.4) is 0 Å². The number of para-hydroxylation sites is 1. The van der Waals surface area contributed by atoms with Crippen molar-refractivity contribution in [3.8, 4) is 0 Å². The first-order valence-corrected chi connectivity index (χ1v) is 9.74. The van der Waals surface area contributed by atoms with Crippen molar-refractivity contribution in [1.82, 2.24) is 0 Å². The first-order valence-electron chi connectivity index (χ1n) is 7.77. The van der Waals surface area contributed by atoms with Gasteiger partial charge in [0.25, 0.3) is 0 Å². The van der Waals surface area contributed by atoms with E-state index in [9.17, 15) is 4.79 Å². The van der Waals surface area contributed by atoms with Crippen LogP contribution in [-0.4, -0.2) is 15.8 Å². The van der Waals surface area contributed by atoms with Crippen LogP contribution >= 0.6 is 23.5 Å². The van der Waals surface area contributed by atoms with Gasteiger partial charge in [-0.25, -0.2) is 4.79 Å². The van der Waals surface area contributed by atoms with Gasteiger partial charge in [0.2, 0.25) is 0 Å². The van der Waals surface area contributed by atoms with Gasteiger partial charge in [-0.1, -0.05) is 72.1 Å². The van der Waals surface area contributed by atoms with Gasteiger partial charge in [-0.3, -0.25) is 0 Å². The van der Waals surface area contributed by atoms with Gasteiger partial charge < -0.3 is 4.42 Å². The Morgan fingerprint density at radius 3 is 2.64 bits per heavy atom. The molecule has 1 aliphatic rings. The molecule has 3 aromatic rings. The number of fused-ring (bicyclic) bond motifs is 1. The summed E-state index contributed by atoms with van der Waals surface area (Å²) in [6.07, 6.45) is 0.